The minimum absolute atomic E-state index is 0.0159. The topological polar surface area (TPSA) is 118 Å². The summed E-state index contributed by atoms with van der Waals surface area (Å²) in [5.74, 6) is -1.49. The Hall–Kier alpha value is -3.96. The quantitative estimate of drug-likeness (QED) is 0.245. The van der Waals surface area contributed by atoms with Gasteiger partial charge in [0.2, 0.25) is 5.91 Å². The first kappa shape index (κ1) is 28.1. The maximum Gasteiger partial charge on any atom is 0.417 e. The van der Waals surface area contributed by atoms with Gasteiger partial charge in [0.05, 0.1) is 17.3 Å². The van der Waals surface area contributed by atoms with Gasteiger partial charge in [0, 0.05) is 40.5 Å². The first-order chi connectivity index (χ1) is 18.6. The monoisotopic (exact) mass is 554 g/mol. The lowest BCUT2D eigenvalue weighted by Crippen LogP contribution is -2.50. The van der Waals surface area contributed by atoms with Crippen molar-refractivity contribution in [2.24, 2.45) is 5.73 Å². The molecule has 0 saturated carbocycles. The number of halogens is 3. The Labute approximate surface area is 226 Å². The number of pyridine rings is 2. The molecule has 11 heteroatoms. The van der Waals surface area contributed by atoms with Gasteiger partial charge in [0.1, 0.15) is 6.04 Å². The van der Waals surface area contributed by atoms with Crippen molar-refractivity contribution in [2.75, 3.05) is 0 Å². The summed E-state index contributed by atoms with van der Waals surface area (Å²) in [5, 5.41) is 12.6. The zero-order valence-electron chi connectivity index (χ0n) is 20.6. The second kappa shape index (κ2) is 12.3. The van der Waals surface area contributed by atoms with Crippen LogP contribution in [0.25, 0.3) is 10.8 Å². The molecule has 39 heavy (non-hydrogen) atoms. The van der Waals surface area contributed by atoms with Gasteiger partial charge in [-0.2, -0.15) is 13.2 Å². The standard InChI is InChI=1S/C28H25F3N4O3S/c29-28(30,31)22-11-5-10-20-21(22)14-33-15-25(20)39-16-19-9-4-8-18(34-19)13-24(27(37)38)35-26(36)23(32)12-17-6-2-1-3-7-17/h1-11,14-15,23-24H,12-13,16,32H2,(H,35,36)(H,37,38)/t23-,24?/m0/s1. The third-order valence-electron chi connectivity index (χ3n) is 5.98. The van der Waals surface area contributed by atoms with Crippen LogP contribution >= 0.6 is 11.8 Å². The number of nitrogens with zero attached hydrogens (tertiary/aromatic N) is 2. The lowest BCUT2D eigenvalue weighted by atomic mass is 10.0. The molecule has 7 nitrogen and oxygen atoms in total. The van der Waals surface area contributed by atoms with E-state index in [1.807, 2.05) is 30.3 Å². The number of rotatable bonds is 10. The Morgan fingerprint density at radius 3 is 2.36 bits per heavy atom. The Morgan fingerprint density at radius 2 is 1.64 bits per heavy atom. The highest BCUT2D eigenvalue weighted by atomic mass is 32.2. The van der Waals surface area contributed by atoms with Crippen molar-refractivity contribution in [1.29, 1.82) is 0 Å². The molecule has 0 aliphatic heterocycles. The van der Waals surface area contributed by atoms with Gasteiger partial charge in [-0.05, 0) is 35.6 Å². The summed E-state index contributed by atoms with van der Waals surface area (Å²) in [7, 11) is 0. The van der Waals surface area contributed by atoms with Crippen LogP contribution in [0.15, 0.2) is 84.0 Å². The van der Waals surface area contributed by atoms with E-state index in [9.17, 15) is 27.9 Å². The van der Waals surface area contributed by atoms with Crippen LogP contribution in [0, 0.1) is 0 Å². The number of nitrogens with one attached hydrogen (secondary N) is 1. The molecule has 2 heterocycles. The predicted molar refractivity (Wildman–Crippen MR) is 142 cm³/mol. The van der Waals surface area contributed by atoms with E-state index in [0.717, 1.165) is 11.6 Å². The molecule has 0 radical (unpaired) electrons. The molecule has 1 amide bonds. The second-order valence-electron chi connectivity index (χ2n) is 8.84. The molecule has 2 aromatic heterocycles. The van der Waals surface area contributed by atoms with Gasteiger partial charge >= 0.3 is 12.1 Å². The Kier molecular flexibility index (Phi) is 8.82. The summed E-state index contributed by atoms with van der Waals surface area (Å²) in [6.45, 7) is 0. The molecule has 0 saturated heterocycles. The van der Waals surface area contributed by atoms with Crippen molar-refractivity contribution in [1.82, 2.24) is 15.3 Å². The van der Waals surface area contributed by atoms with Crippen LogP contribution in [0.2, 0.25) is 0 Å². The van der Waals surface area contributed by atoms with E-state index in [2.05, 4.69) is 15.3 Å². The van der Waals surface area contributed by atoms with E-state index < -0.39 is 35.7 Å². The number of carboxylic acid groups (broad SMARTS) is 1. The maximum absolute atomic E-state index is 13.4. The largest absolute Gasteiger partial charge is 0.480 e. The molecule has 0 bridgehead atoms. The van der Waals surface area contributed by atoms with E-state index in [1.54, 1.807) is 24.3 Å². The maximum atomic E-state index is 13.4. The summed E-state index contributed by atoms with van der Waals surface area (Å²) >= 11 is 1.28. The van der Waals surface area contributed by atoms with Crippen LogP contribution in [0.1, 0.15) is 22.5 Å². The number of aliphatic carboxylic acids is 1. The molecule has 2 aromatic carbocycles. The van der Waals surface area contributed by atoms with Crippen molar-refractivity contribution < 1.29 is 27.9 Å². The first-order valence-electron chi connectivity index (χ1n) is 12.0. The van der Waals surface area contributed by atoms with Crippen LogP contribution in [-0.4, -0.2) is 39.0 Å². The smallest absolute Gasteiger partial charge is 0.417 e. The fraction of sp³-hybridized carbons (Fsp3) is 0.214. The molecule has 0 spiro atoms. The van der Waals surface area contributed by atoms with Gasteiger partial charge in [-0.1, -0.05) is 48.5 Å². The number of thioether (sulfide) groups is 1. The average Bonchev–Trinajstić information content (AvgIpc) is 2.91. The van der Waals surface area contributed by atoms with Crippen LogP contribution in [-0.2, 0) is 34.4 Å². The summed E-state index contributed by atoms with van der Waals surface area (Å²) in [4.78, 5) is 33.5. The van der Waals surface area contributed by atoms with E-state index in [0.29, 0.717) is 27.4 Å². The molecular weight excluding hydrogens is 529 g/mol. The normalized spacial score (nSPS) is 13.1. The predicted octanol–water partition coefficient (Wildman–Crippen LogP) is 4.62. The van der Waals surface area contributed by atoms with Gasteiger partial charge < -0.3 is 16.2 Å². The van der Waals surface area contributed by atoms with E-state index >= 15 is 0 Å². The number of carbonyl (C=O) groups excluding carboxylic acids is 1. The highest BCUT2D eigenvalue weighted by Crippen LogP contribution is 2.37. The lowest BCUT2D eigenvalue weighted by Gasteiger charge is -2.18. The molecule has 4 aromatic rings. The lowest BCUT2D eigenvalue weighted by molar-refractivity contribution is -0.142. The molecule has 0 aliphatic rings. The average molecular weight is 555 g/mol. The number of benzene rings is 2. The molecular formula is C28H25F3N4O3S. The number of amides is 1. The minimum Gasteiger partial charge on any atom is -0.480 e. The summed E-state index contributed by atoms with van der Waals surface area (Å²) < 4.78 is 40.2. The fourth-order valence-electron chi connectivity index (χ4n) is 4.05. The number of nitrogens with two attached hydrogens (primary N) is 1. The SMILES string of the molecule is N[C@@H](Cc1ccccc1)C(=O)NC(Cc1cccc(CSc2cncc3c(C(F)(F)F)cccc23)n1)C(=O)O. The van der Waals surface area contributed by atoms with Crippen molar-refractivity contribution in [3.05, 3.63) is 102 Å². The first-order valence-corrected chi connectivity index (χ1v) is 12.9. The molecule has 202 valence electrons. The summed E-state index contributed by atoms with van der Waals surface area (Å²) in [5.41, 5.74) is 7.13. The number of hydrogen-bond donors (Lipinski definition) is 3. The van der Waals surface area contributed by atoms with E-state index in [-0.39, 0.29) is 18.2 Å². The number of alkyl halides is 3. The van der Waals surface area contributed by atoms with Crippen molar-refractivity contribution in [2.45, 2.75) is 41.7 Å². The van der Waals surface area contributed by atoms with Gasteiger partial charge in [0.25, 0.3) is 0 Å². The highest BCUT2D eigenvalue weighted by molar-refractivity contribution is 7.98. The Balaban J connectivity index is 1.43. The van der Waals surface area contributed by atoms with Gasteiger partial charge in [-0.25, -0.2) is 4.79 Å². The number of carbonyl (C=O) groups is 2. The van der Waals surface area contributed by atoms with Crippen LogP contribution < -0.4 is 11.1 Å². The molecule has 4 N–H and O–H groups in total. The number of fused-ring (bicyclic) bond motifs is 1. The van der Waals surface area contributed by atoms with Crippen molar-refractivity contribution in [3.63, 3.8) is 0 Å². The zero-order valence-corrected chi connectivity index (χ0v) is 21.4. The second-order valence-corrected chi connectivity index (χ2v) is 9.86. The third-order valence-corrected chi connectivity index (χ3v) is 7.05. The van der Waals surface area contributed by atoms with Crippen LogP contribution in [0.3, 0.4) is 0 Å². The minimum atomic E-state index is -4.50. The highest BCUT2D eigenvalue weighted by Gasteiger charge is 2.32. The molecule has 0 fully saturated rings. The van der Waals surface area contributed by atoms with Gasteiger partial charge in [-0.3, -0.25) is 14.8 Å². The molecule has 1 unspecified atom stereocenters. The van der Waals surface area contributed by atoms with Crippen LogP contribution in [0.4, 0.5) is 13.2 Å². The van der Waals surface area contributed by atoms with E-state index in [4.69, 9.17) is 5.73 Å². The van der Waals surface area contributed by atoms with Crippen molar-refractivity contribution in [3.8, 4) is 0 Å². The van der Waals surface area contributed by atoms with Crippen LogP contribution in [0.5, 0.6) is 0 Å². The molecule has 0 aliphatic carbocycles. The van der Waals surface area contributed by atoms with Crippen molar-refractivity contribution >= 4 is 34.4 Å². The Morgan fingerprint density at radius 1 is 0.923 bits per heavy atom. The third kappa shape index (κ3) is 7.33. The van der Waals surface area contributed by atoms with Gasteiger partial charge in [0.15, 0.2) is 0 Å². The van der Waals surface area contributed by atoms with Gasteiger partial charge in [-0.15, -0.1) is 11.8 Å². The van der Waals surface area contributed by atoms with E-state index in [1.165, 1.54) is 30.2 Å². The number of hydrogen-bond acceptors (Lipinski definition) is 6. The fourth-order valence-corrected chi connectivity index (χ4v) is 4.99. The number of aromatic nitrogens is 2. The Bertz CT molecular complexity index is 1470. The molecule has 4 rings (SSSR count). The molecule has 2 atom stereocenters. The zero-order chi connectivity index (χ0) is 28.0. The summed E-state index contributed by atoms with van der Waals surface area (Å²) in [6, 6.07) is 16.1. The number of carboxylic acids is 1. The summed E-state index contributed by atoms with van der Waals surface area (Å²) in [6.07, 6.45) is -1.60.